The van der Waals surface area contributed by atoms with Crippen molar-refractivity contribution in [2.24, 2.45) is 5.41 Å². The van der Waals surface area contributed by atoms with E-state index < -0.39 is 8.32 Å². The van der Waals surface area contributed by atoms with Gasteiger partial charge in [-0.2, -0.15) is 0 Å². The van der Waals surface area contributed by atoms with E-state index in [1.165, 1.54) is 12.0 Å². The van der Waals surface area contributed by atoms with Gasteiger partial charge in [0, 0.05) is 12.0 Å². The first-order valence-electron chi connectivity index (χ1n) is 10.0. The molecule has 150 valence electrons. The van der Waals surface area contributed by atoms with E-state index in [4.69, 9.17) is 9.16 Å². The molecular formula is C24H32O3Si. The molecule has 3 nitrogen and oxygen atoms in total. The molecule has 0 fully saturated rings. The summed E-state index contributed by atoms with van der Waals surface area (Å²) in [5.74, 6) is 7.09. The molecule has 1 aromatic carbocycles. The first kappa shape index (κ1) is 22.0. The fourth-order valence-electron chi connectivity index (χ4n) is 3.29. The van der Waals surface area contributed by atoms with Crippen LogP contribution in [-0.2, 0) is 9.16 Å². The standard InChI is InChI=1S/C24H32O3Si/c1-7-26-23(25)20-16-14-19(15-17-20)11-8-9-12-21-22(27-28(4,5)6)13-10-18-24(21,2)3/h9,12,14-17H,7,10,13,18H2,1-6H3/b12-9+. The van der Waals surface area contributed by atoms with Crippen molar-refractivity contribution < 1.29 is 14.0 Å². The normalized spacial score (nSPS) is 16.5. The molecule has 0 N–H and O–H groups in total. The molecule has 0 radical (unpaired) electrons. The molecule has 0 heterocycles. The number of hydrogen-bond donors (Lipinski definition) is 0. The molecule has 1 aliphatic carbocycles. The second-order valence-corrected chi connectivity index (χ2v) is 13.1. The summed E-state index contributed by atoms with van der Waals surface area (Å²) in [7, 11) is -1.64. The number of hydrogen-bond acceptors (Lipinski definition) is 3. The predicted octanol–water partition coefficient (Wildman–Crippen LogP) is 6.09. The van der Waals surface area contributed by atoms with E-state index in [2.05, 4.69) is 51.4 Å². The van der Waals surface area contributed by atoms with Gasteiger partial charge in [-0.05, 0) is 86.8 Å². The number of carbonyl (C=O) groups excluding carboxylic acids is 1. The molecule has 0 aliphatic heterocycles. The molecule has 4 heteroatoms. The zero-order valence-corrected chi connectivity index (χ0v) is 19.0. The number of esters is 1. The van der Waals surface area contributed by atoms with Gasteiger partial charge in [0.25, 0.3) is 0 Å². The molecule has 0 bridgehead atoms. The molecule has 0 unspecified atom stereocenters. The maximum atomic E-state index is 11.7. The molecule has 1 aliphatic rings. The van der Waals surface area contributed by atoms with Gasteiger partial charge in [0.2, 0.25) is 8.32 Å². The third-order valence-electron chi connectivity index (χ3n) is 4.61. The SMILES string of the molecule is CCOC(=O)c1ccc(C#C/C=C/C2=C(O[Si](C)(C)C)CCCC2(C)C)cc1. The quantitative estimate of drug-likeness (QED) is 0.343. The zero-order chi connectivity index (χ0) is 20.8. The van der Waals surface area contributed by atoms with Crippen molar-refractivity contribution in [2.75, 3.05) is 6.61 Å². The average molecular weight is 397 g/mol. The fourth-order valence-corrected chi connectivity index (χ4v) is 4.24. The summed E-state index contributed by atoms with van der Waals surface area (Å²) < 4.78 is 11.4. The molecule has 28 heavy (non-hydrogen) atoms. The third kappa shape index (κ3) is 6.42. The van der Waals surface area contributed by atoms with Crippen LogP contribution in [0.4, 0.5) is 0 Å². The molecule has 0 amide bonds. The molecule has 0 spiro atoms. The van der Waals surface area contributed by atoms with Gasteiger partial charge < -0.3 is 9.16 Å². The third-order valence-corrected chi connectivity index (χ3v) is 5.47. The smallest absolute Gasteiger partial charge is 0.338 e. The van der Waals surface area contributed by atoms with E-state index in [1.54, 1.807) is 19.1 Å². The first-order chi connectivity index (χ1) is 13.1. The van der Waals surface area contributed by atoms with Crippen LogP contribution >= 0.6 is 0 Å². The Morgan fingerprint density at radius 2 is 1.89 bits per heavy atom. The zero-order valence-electron chi connectivity index (χ0n) is 18.0. The number of carbonyl (C=O) groups is 1. The van der Waals surface area contributed by atoms with Crippen molar-refractivity contribution in [2.45, 2.75) is 59.7 Å². The van der Waals surface area contributed by atoms with E-state index in [0.29, 0.717) is 12.2 Å². The number of benzene rings is 1. The Hall–Kier alpha value is -2.25. The lowest BCUT2D eigenvalue weighted by atomic mass is 9.75. The van der Waals surface area contributed by atoms with E-state index in [0.717, 1.165) is 24.2 Å². The van der Waals surface area contributed by atoms with Crippen molar-refractivity contribution >= 4 is 14.3 Å². The lowest BCUT2D eigenvalue weighted by molar-refractivity contribution is 0.0526. The summed E-state index contributed by atoms with van der Waals surface area (Å²) >= 11 is 0. The highest BCUT2D eigenvalue weighted by molar-refractivity contribution is 6.70. The van der Waals surface area contributed by atoms with Crippen molar-refractivity contribution in [3.63, 3.8) is 0 Å². The van der Waals surface area contributed by atoms with E-state index in [1.807, 2.05) is 18.2 Å². The van der Waals surface area contributed by atoms with Crippen LogP contribution in [0.2, 0.25) is 19.6 Å². The molecule has 0 saturated heterocycles. The number of ether oxygens (including phenoxy) is 1. The number of rotatable bonds is 5. The maximum absolute atomic E-state index is 11.7. The van der Waals surface area contributed by atoms with Crippen LogP contribution in [0.25, 0.3) is 0 Å². The summed E-state index contributed by atoms with van der Waals surface area (Å²) in [5.41, 5.74) is 2.79. The number of allylic oxidation sites excluding steroid dienone is 4. The summed E-state index contributed by atoms with van der Waals surface area (Å²) in [6.07, 6.45) is 7.37. The summed E-state index contributed by atoms with van der Waals surface area (Å²) in [6.45, 7) is 13.4. The van der Waals surface area contributed by atoms with Gasteiger partial charge in [-0.3, -0.25) is 0 Å². The molecule has 0 atom stereocenters. The Bertz CT molecular complexity index is 812. The minimum absolute atomic E-state index is 0.104. The largest absolute Gasteiger partial charge is 0.547 e. The minimum Gasteiger partial charge on any atom is -0.547 e. The van der Waals surface area contributed by atoms with Gasteiger partial charge in [-0.1, -0.05) is 25.7 Å². The monoisotopic (exact) mass is 396 g/mol. The van der Waals surface area contributed by atoms with Crippen LogP contribution in [0.1, 0.15) is 56.0 Å². The van der Waals surface area contributed by atoms with Crippen LogP contribution in [0.3, 0.4) is 0 Å². The van der Waals surface area contributed by atoms with Crippen molar-refractivity contribution in [1.29, 1.82) is 0 Å². The molecule has 0 aromatic heterocycles. The Morgan fingerprint density at radius 1 is 1.21 bits per heavy atom. The maximum Gasteiger partial charge on any atom is 0.338 e. The summed E-state index contributed by atoms with van der Waals surface area (Å²) in [5, 5.41) is 0. The van der Waals surface area contributed by atoms with Crippen molar-refractivity contribution in [1.82, 2.24) is 0 Å². The first-order valence-corrected chi connectivity index (χ1v) is 13.4. The highest BCUT2D eigenvalue weighted by Crippen LogP contribution is 2.42. The second-order valence-electron chi connectivity index (χ2n) is 8.69. The van der Waals surface area contributed by atoms with Crippen LogP contribution in [0.5, 0.6) is 0 Å². The fraction of sp³-hybridized carbons (Fsp3) is 0.458. The summed E-state index contributed by atoms with van der Waals surface area (Å²) in [6, 6.07) is 7.18. The molecular weight excluding hydrogens is 364 g/mol. The van der Waals surface area contributed by atoms with Gasteiger partial charge in [0.15, 0.2) is 0 Å². The Kier molecular flexibility index (Phi) is 7.32. The summed E-state index contributed by atoms with van der Waals surface area (Å²) in [4.78, 5) is 11.7. The van der Waals surface area contributed by atoms with Gasteiger partial charge >= 0.3 is 5.97 Å². The van der Waals surface area contributed by atoms with Gasteiger partial charge in [-0.15, -0.1) is 0 Å². The minimum atomic E-state index is -1.64. The Balaban J connectivity index is 2.17. The topological polar surface area (TPSA) is 35.5 Å². The molecule has 1 aromatic rings. The van der Waals surface area contributed by atoms with Crippen LogP contribution in [0.15, 0.2) is 47.7 Å². The van der Waals surface area contributed by atoms with Gasteiger partial charge in [-0.25, -0.2) is 4.79 Å². The van der Waals surface area contributed by atoms with E-state index in [-0.39, 0.29) is 11.4 Å². The Morgan fingerprint density at radius 3 is 2.50 bits per heavy atom. The van der Waals surface area contributed by atoms with Crippen LogP contribution in [-0.4, -0.2) is 20.9 Å². The lowest BCUT2D eigenvalue weighted by Crippen LogP contribution is -2.29. The van der Waals surface area contributed by atoms with Crippen LogP contribution < -0.4 is 0 Å². The van der Waals surface area contributed by atoms with Crippen molar-refractivity contribution in [3.05, 3.63) is 58.9 Å². The Labute approximate surface area is 171 Å². The van der Waals surface area contributed by atoms with Crippen LogP contribution in [0, 0.1) is 17.3 Å². The predicted molar refractivity (Wildman–Crippen MR) is 118 cm³/mol. The van der Waals surface area contributed by atoms with Gasteiger partial charge in [0.1, 0.15) is 0 Å². The van der Waals surface area contributed by atoms with Gasteiger partial charge in [0.05, 0.1) is 17.9 Å². The van der Waals surface area contributed by atoms with E-state index in [9.17, 15) is 4.79 Å². The lowest BCUT2D eigenvalue weighted by Gasteiger charge is -2.36. The second kappa shape index (κ2) is 9.30. The molecule has 2 rings (SSSR count). The average Bonchev–Trinajstić information content (AvgIpc) is 2.59. The molecule has 0 saturated carbocycles. The highest BCUT2D eigenvalue weighted by Gasteiger charge is 2.31. The van der Waals surface area contributed by atoms with E-state index >= 15 is 0 Å². The highest BCUT2D eigenvalue weighted by atomic mass is 28.4. The van der Waals surface area contributed by atoms with Crippen molar-refractivity contribution in [3.8, 4) is 11.8 Å².